The lowest BCUT2D eigenvalue weighted by molar-refractivity contribution is -0.149. The molecular weight excluding hydrogens is 609 g/mol. The van der Waals surface area contributed by atoms with E-state index in [4.69, 9.17) is 26.8 Å². The van der Waals surface area contributed by atoms with E-state index in [0.29, 0.717) is 58.6 Å². The number of nitrogens with zero attached hydrogens (tertiary/aromatic N) is 4. The maximum Gasteiger partial charge on any atom is 0.309 e. The van der Waals surface area contributed by atoms with Gasteiger partial charge in [-0.15, -0.1) is 0 Å². The molecule has 1 amide bonds. The number of rotatable bonds is 10. The fourth-order valence-electron chi connectivity index (χ4n) is 4.99. The van der Waals surface area contributed by atoms with Crippen molar-refractivity contribution < 1.29 is 27.5 Å². The van der Waals surface area contributed by atoms with E-state index in [9.17, 15) is 18.0 Å². The highest BCUT2D eigenvalue weighted by Crippen LogP contribution is 2.35. The van der Waals surface area contributed by atoms with Crippen LogP contribution >= 0.6 is 24.0 Å². The Bertz CT molecular complexity index is 1650. The molecule has 0 spiro atoms. The smallest absolute Gasteiger partial charge is 0.309 e. The molecule has 2 aliphatic heterocycles. The Morgan fingerprint density at radius 1 is 1.14 bits per heavy atom. The number of aromatic nitrogens is 2. The van der Waals surface area contributed by atoms with Crippen molar-refractivity contribution in [1.29, 1.82) is 0 Å². The molecular formula is C30H32N4O6S3. The Balaban J connectivity index is 1.48. The standard InChI is InChI=1S/C30H32N4O6S3/c1-3-40-29(36)21-12-14-32(15-13-21)43(37,38)25-11-7-8-22(18-25)27-23(20-34(31-27)24-9-5-4-6-10-24)19-26-28(35)33(16-17-39-2)30(41)42-26/h4-11,18-21H,3,12-17H2,1-2H3. The van der Waals surface area contributed by atoms with Gasteiger partial charge >= 0.3 is 5.97 Å². The van der Waals surface area contributed by atoms with Gasteiger partial charge in [0.15, 0.2) is 0 Å². The first-order valence-electron chi connectivity index (χ1n) is 13.9. The summed E-state index contributed by atoms with van der Waals surface area (Å²) in [7, 11) is -2.26. The largest absolute Gasteiger partial charge is 0.466 e. The number of sulfonamides is 1. The van der Waals surface area contributed by atoms with Crippen molar-refractivity contribution in [2.75, 3.05) is 40.0 Å². The normalized spacial score (nSPS) is 17.6. The number of methoxy groups -OCH3 is 1. The van der Waals surface area contributed by atoms with Crippen molar-refractivity contribution in [2.45, 2.75) is 24.7 Å². The third-order valence-electron chi connectivity index (χ3n) is 7.26. The molecule has 0 aliphatic carbocycles. The topological polar surface area (TPSA) is 111 Å². The highest BCUT2D eigenvalue weighted by Gasteiger charge is 2.34. The lowest BCUT2D eigenvalue weighted by atomic mass is 9.98. The first-order chi connectivity index (χ1) is 20.7. The quantitative estimate of drug-likeness (QED) is 0.181. The van der Waals surface area contributed by atoms with E-state index < -0.39 is 10.0 Å². The summed E-state index contributed by atoms with van der Waals surface area (Å²) >= 11 is 6.65. The number of amides is 1. The van der Waals surface area contributed by atoms with Gasteiger partial charge in [-0.2, -0.15) is 9.40 Å². The molecule has 0 saturated carbocycles. The Kier molecular flexibility index (Phi) is 9.77. The number of benzene rings is 2. The zero-order valence-electron chi connectivity index (χ0n) is 23.8. The molecule has 2 aromatic carbocycles. The summed E-state index contributed by atoms with van der Waals surface area (Å²) in [5, 5.41) is 4.81. The van der Waals surface area contributed by atoms with E-state index in [1.54, 1.807) is 49.1 Å². The van der Waals surface area contributed by atoms with Crippen LogP contribution in [0.25, 0.3) is 23.0 Å². The van der Waals surface area contributed by atoms with E-state index in [0.717, 1.165) is 5.69 Å². The number of hydrogen-bond donors (Lipinski definition) is 0. The highest BCUT2D eigenvalue weighted by molar-refractivity contribution is 8.26. The summed E-state index contributed by atoms with van der Waals surface area (Å²) < 4.78 is 41.1. The second kappa shape index (κ2) is 13.5. The van der Waals surface area contributed by atoms with Gasteiger partial charge in [0.05, 0.1) is 41.2 Å². The van der Waals surface area contributed by atoms with Crippen molar-refractivity contribution >= 4 is 56.3 Å². The SMILES string of the molecule is CCOC(=O)C1CCN(S(=O)(=O)c2cccc(-c3nn(-c4ccccc4)cc3C=C3SC(=S)N(CCOC)C3=O)c2)CC1. The molecule has 0 radical (unpaired) electrons. The van der Waals surface area contributed by atoms with E-state index in [1.807, 2.05) is 36.5 Å². The fraction of sp³-hybridized carbons (Fsp3) is 0.333. The number of ether oxygens (including phenoxy) is 2. The summed E-state index contributed by atoms with van der Waals surface area (Å²) in [6.07, 6.45) is 4.38. The zero-order valence-corrected chi connectivity index (χ0v) is 26.3. The fourth-order valence-corrected chi connectivity index (χ4v) is 7.81. The van der Waals surface area contributed by atoms with Gasteiger partial charge in [-0.1, -0.05) is 54.3 Å². The van der Waals surface area contributed by atoms with Crippen LogP contribution < -0.4 is 0 Å². The minimum absolute atomic E-state index is 0.130. The van der Waals surface area contributed by atoms with Gasteiger partial charge in [0.25, 0.3) is 5.91 Å². The first kappa shape index (κ1) is 31.1. The molecule has 5 rings (SSSR count). The number of thioether (sulfide) groups is 1. The van der Waals surface area contributed by atoms with Gasteiger partial charge in [0, 0.05) is 37.5 Å². The molecule has 2 fully saturated rings. The molecule has 226 valence electrons. The Morgan fingerprint density at radius 2 is 1.88 bits per heavy atom. The minimum Gasteiger partial charge on any atom is -0.466 e. The second-order valence-electron chi connectivity index (χ2n) is 10.00. The van der Waals surface area contributed by atoms with Crippen molar-refractivity contribution in [1.82, 2.24) is 19.0 Å². The van der Waals surface area contributed by atoms with Gasteiger partial charge < -0.3 is 9.47 Å². The molecule has 43 heavy (non-hydrogen) atoms. The van der Waals surface area contributed by atoms with Crippen molar-refractivity contribution in [3.05, 3.63) is 71.3 Å². The van der Waals surface area contributed by atoms with Gasteiger partial charge in [0.2, 0.25) is 10.0 Å². The van der Waals surface area contributed by atoms with Crippen LogP contribution in [-0.4, -0.2) is 83.6 Å². The molecule has 13 heteroatoms. The molecule has 3 heterocycles. The van der Waals surface area contributed by atoms with Crippen LogP contribution in [0.2, 0.25) is 0 Å². The van der Waals surface area contributed by atoms with Gasteiger partial charge in [-0.3, -0.25) is 14.5 Å². The third-order valence-corrected chi connectivity index (χ3v) is 10.5. The van der Waals surface area contributed by atoms with E-state index >= 15 is 0 Å². The average molecular weight is 641 g/mol. The number of thiocarbonyl (C=S) groups is 1. The van der Waals surface area contributed by atoms with Gasteiger partial charge in [-0.05, 0) is 50.1 Å². The Labute approximate surface area is 260 Å². The van der Waals surface area contributed by atoms with E-state index in [1.165, 1.54) is 21.0 Å². The molecule has 2 aliphatic rings. The number of carbonyl (C=O) groups excluding carboxylic acids is 2. The summed E-state index contributed by atoms with van der Waals surface area (Å²) in [5.41, 5.74) is 2.55. The van der Waals surface area contributed by atoms with Crippen LogP contribution in [0.4, 0.5) is 0 Å². The molecule has 0 unspecified atom stereocenters. The van der Waals surface area contributed by atoms with Crippen LogP contribution in [-0.2, 0) is 29.1 Å². The maximum absolute atomic E-state index is 13.7. The van der Waals surface area contributed by atoms with Crippen LogP contribution in [0.5, 0.6) is 0 Å². The van der Waals surface area contributed by atoms with Crippen LogP contribution in [0.15, 0.2) is 70.6 Å². The minimum atomic E-state index is -3.83. The third kappa shape index (κ3) is 6.75. The van der Waals surface area contributed by atoms with Crippen molar-refractivity contribution in [3.63, 3.8) is 0 Å². The monoisotopic (exact) mass is 640 g/mol. The number of esters is 1. The second-order valence-corrected chi connectivity index (χ2v) is 13.6. The number of piperidine rings is 1. The van der Waals surface area contributed by atoms with Gasteiger partial charge in [0.1, 0.15) is 10.0 Å². The average Bonchev–Trinajstić information content (AvgIpc) is 3.56. The van der Waals surface area contributed by atoms with E-state index in [2.05, 4.69) is 0 Å². The summed E-state index contributed by atoms with van der Waals surface area (Å²) in [5.74, 6) is -0.795. The summed E-state index contributed by atoms with van der Waals surface area (Å²) in [4.78, 5) is 27.4. The molecule has 1 aromatic heterocycles. The Morgan fingerprint density at radius 3 is 2.58 bits per heavy atom. The molecule has 0 bridgehead atoms. The molecule has 0 atom stereocenters. The highest BCUT2D eigenvalue weighted by atomic mass is 32.2. The number of carbonyl (C=O) groups is 2. The van der Waals surface area contributed by atoms with Crippen LogP contribution in [0.1, 0.15) is 25.3 Å². The predicted molar refractivity (Wildman–Crippen MR) is 169 cm³/mol. The molecule has 0 N–H and O–H groups in total. The van der Waals surface area contributed by atoms with Crippen LogP contribution in [0.3, 0.4) is 0 Å². The number of para-hydroxylation sites is 1. The summed E-state index contributed by atoms with van der Waals surface area (Å²) in [6, 6.07) is 16.2. The van der Waals surface area contributed by atoms with Crippen LogP contribution in [0, 0.1) is 5.92 Å². The molecule has 10 nitrogen and oxygen atoms in total. The lowest BCUT2D eigenvalue weighted by Crippen LogP contribution is -2.40. The van der Waals surface area contributed by atoms with Crippen molar-refractivity contribution in [2.24, 2.45) is 5.92 Å². The Hall–Kier alpha value is -3.36. The number of hydrogen-bond acceptors (Lipinski definition) is 9. The van der Waals surface area contributed by atoms with Gasteiger partial charge in [-0.25, -0.2) is 13.1 Å². The molecule has 3 aromatic rings. The lowest BCUT2D eigenvalue weighted by Gasteiger charge is -2.30. The first-order valence-corrected chi connectivity index (χ1v) is 16.6. The molecule has 2 saturated heterocycles. The van der Waals surface area contributed by atoms with E-state index in [-0.39, 0.29) is 35.8 Å². The maximum atomic E-state index is 13.7. The zero-order chi connectivity index (χ0) is 30.6. The summed E-state index contributed by atoms with van der Waals surface area (Å²) in [6.45, 7) is 3.23. The predicted octanol–water partition coefficient (Wildman–Crippen LogP) is 4.35. The van der Waals surface area contributed by atoms with Crippen molar-refractivity contribution in [3.8, 4) is 16.9 Å².